The number of carbonyl (C=O) groups is 2. The molecule has 3 rings (SSSR count). The zero-order chi connectivity index (χ0) is 20.5. The number of carbonyl (C=O) groups excluding carboxylic acids is 2. The van der Waals surface area contributed by atoms with E-state index in [0.29, 0.717) is 20.6 Å². The van der Waals surface area contributed by atoms with Gasteiger partial charge < -0.3 is 5.32 Å². The average molecular weight is 419 g/mol. The normalized spacial score (nSPS) is 15.8. The van der Waals surface area contributed by atoms with Crippen molar-refractivity contribution >= 4 is 44.0 Å². The predicted molar refractivity (Wildman–Crippen MR) is 109 cm³/mol. The van der Waals surface area contributed by atoms with Crippen molar-refractivity contribution < 1.29 is 18.0 Å². The largest absolute Gasteiger partial charge is 0.324 e. The maximum absolute atomic E-state index is 13.0. The topological polar surface area (TPSA) is 83.6 Å². The van der Waals surface area contributed by atoms with Gasteiger partial charge in [0.05, 0.1) is 0 Å². The van der Waals surface area contributed by atoms with Crippen molar-refractivity contribution in [2.24, 2.45) is 0 Å². The molecule has 1 aliphatic rings. The summed E-state index contributed by atoms with van der Waals surface area (Å²) in [6.07, 6.45) is 0.819. The quantitative estimate of drug-likeness (QED) is 0.806. The van der Waals surface area contributed by atoms with Crippen molar-refractivity contribution in [2.75, 3.05) is 11.9 Å². The third-order valence-electron chi connectivity index (χ3n) is 4.46. The summed E-state index contributed by atoms with van der Waals surface area (Å²) in [6.45, 7) is 2.84. The molecule has 2 aromatic rings. The number of aryl methyl sites for hydroxylation is 1. The molecule has 8 heteroatoms. The number of amides is 2. The molecule has 2 amide bonds. The number of hydrogen-bond donors (Lipinski definition) is 1. The molecule has 0 radical (unpaired) electrons. The Bertz CT molecular complexity index is 1080. The number of hydrogen-bond acceptors (Lipinski definition) is 4. The van der Waals surface area contributed by atoms with Gasteiger partial charge in [0.1, 0.15) is 11.4 Å². The third-order valence-corrected chi connectivity index (χ3v) is 6.62. The average Bonchev–Trinajstić information content (AvgIpc) is 2.81. The molecule has 0 atom stereocenters. The second kappa shape index (κ2) is 7.77. The van der Waals surface area contributed by atoms with E-state index in [2.05, 4.69) is 5.32 Å². The van der Waals surface area contributed by atoms with Crippen LogP contribution in [0.4, 0.5) is 5.69 Å². The molecule has 6 nitrogen and oxygen atoms in total. The summed E-state index contributed by atoms with van der Waals surface area (Å²) in [4.78, 5) is 24.8. The molecular weight excluding hydrogens is 400 g/mol. The van der Waals surface area contributed by atoms with Crippen LogP contribution in [0.15, 0.2) is 54.1 Å². The minimum absolute atomic E-state index is 0.0595. The van der Waals surface area contributed by atoms with Gasteiger partial charge in [0, 0.05) is 16.3 Å². The monoisotopic (exact) mass is 418 g/mol. The van der Waals surface area contributed by atoms with E-state index in [1.807, 2.05) is 19.1 Å². The van der Waals surface area contributed by atoms with Crippen molar-refractivity contribution in [2.45, 2.75) is 20.3 Å². The molecule has 0 fully saturated rings. The number of anilines is 1. The van der Waals surface area contributed by atoms with E-state index < -0.39 is 28.4 Å². The predicted octanol–water partition coefficient (Wildman–Crippen LogP) is 3.44. The SMILES string of the molecule is CCc1ccc(C2=C(C)C(=O)N(CC(=O)Nc3cccc(Cl)c3)S2(=O)=O)cc1. The first kappa shape index (κ1) is 20.1. The number of sulfonamides is 1. The van der Waals surface area contributed by atoms with Crippen LogP contribution in [0, 0.1) is 0 Å². The number of nitrogens with zero attached hydrogens (tertiary/aromatic N) is 1. The lowest BCUT2D eigenvalue weighted by molar-refractivity contribution is -0.126. The van der Waals surface area contributed by atoms with Crippen molar-refractivity contribution in [3.63, 3.8) is 0 Å². The molecule has 2 aromatic carbocycles. The minimum atomic E-state index is -4.12. The summed E-state index contributed by atoms with van der Waals surface area (Å²) in [7, 11) is -4.12. The molecule has 1 heterocycles. The first-order valence-corrected chi connectivity index (χ1v) is 10.5. The van der Waals surface area contributed by atoms with Crippen molar-refractivity contribution in [1.82, 2.24) is 4.31 Å². The Kier molecular flexibility index (Phi) is 5.58. The van der Waals surface area contributed by atoms with Gasteiger partial charge in [-0.3, -0.25) is 9.59 Å². The summed E-state index contributed by atoms with van der Waals surface area (Å²) < 4.78 is 26.5. The lowest BCUT2D eigenvalue weighted by Gasteiger charge is -2.16. The molecule has 0 saturated carbocycles. The fourth-order valence-corrected chi connectivity index (χ4v) is 4.97. The van der Waals surface area contributed by atoms with Crippen molar-refractivity contribution in [3.8, 4) is 0 Å². The van der Waals surface area contributed by atoms with Gasteiger partial charge in [0.2, 0.25) is 5.91 Å². The smallest absolute Gasteiger partial charge is 0.268 e. The van der Waals surface area contributed by atoms with Crippen molar-refractivity contribution in [3.05, 3.63) is 70.3 Å². The van der Waals surface area contributed by atoms with E-state index in [1.54, 1.807) is 30.3 Å². The van der Waals surface area contributed by atoms with Crippen molar-refractivity contribution in [1.29, 1.82) is 0 Å². The second-order valence-electron chi connectivity index (χ2n) is 6.38. The molecule has 0 spiro atoms. The van der Waals surface area contributed by atoms with E-state index in [1.165, 1.54) is 13.0 Å². The Morgan fingerprint density at radius 1 is 1.14 bits per heavy atom. The molecule has 1 aliphatic heterocycles. The molecular formula is C20H19ClN2O4S. The molecule has 0 bridgehead atoms. The van der Waals surface area contributed by atoms with Crippen LogP contribution >= 0.6 is 11.6 Å². The summed E-state index contributed by atoms with van der Waals surface area (Å²) >= 11 is 5.88. The minimum Gasteiger partial charge on any atom is -0.324 e. The Morgan fingerprint density at radius 2 is 1.82 bits per heavy atom. The first-order chi connectivity index (χ1) is 13.2. The fourth-order valence-electron chi connectivity index (χ4n) is 3.01. The van der Waals surface area contributed by atoms with Gasteiger partial charge in [-0.1, -0.05) is 48.9 Å². The molecule has 0 unspecified atom stereocenters. The summed E-state index contributed by atoms with van der Waals surface area (Å²) in [6, 6.07) is 13.5. The first-order valence-electron chi connectivity index (χ1n) is 8.66. The number of benzene rings is 2. The van der Waals surface area contributed by atoms with E-state index in [9.17, 15) is 18.0 Å². The number of halogens is 1. The Morgan fingerprint density at radius 3 is 2.43 bits per heavy atom. The summed E-state index contributed by atoms with van der Waals surface area (Å²) in [5.41, 5.74) is 2.00. The van der Waals surface area contributed by atoms with Crippen LogP contribution in [0.3, 0.4) is 0 Å². The highest BCUT2D eigenvalue weighted by Crippen LogP contribution is 2.35. The zero-order valence-corrected chi connectivity index (χ0v) is 17.0. The van der Waals surface area contributed by atoms with Gasteiger partial charge in [0.25, 0.3) is 15.9 Å². The second-order valence-corrected chi connectivity index (χ2v) is 8.62. The zero-order valence-electron chi connectivity index (χ0n) is 15.4. The lowest BCUT2D eigenvalue weighted by Crippen LogP contribution is -2.38. The highest BCUT2D eigenvalue weighted by molar-refractivity contribution is 7.99. The Hall–Kier alpha value is -2.64. The standard InChI is InChI=1S/C20H19ClN2O4S/c1-3-14-7-9-15(10-8-14)19-13(2)20(25)23(28(19,26)27)12-18(24)22-17-6-4-5-16(21)11-17/h4-11H,3,12H2,1-2H3,(H,22,24). The lowest BCUT2D eigenvalue weighted by atomic mass is 10.1. The van der Waals surface area contributed by atoms with Crippen LogP contribution in [-0.2, 0) is 26.0 Å². The van der Waals surface area contributed by atoms with Gasteiger partial charge >= 0.3 is 0 Å². The molecule has 1 N–H and O–H groups in total. The van der Waals surface area contributed by atoms with Crippen LogP contribution < -0.4 is 5.32 Å². The molecule has 28 heavy (non-hydrogen) atoms. The maximum Gasteiger partial charge on any atom is 0.268 e. The van der Waals surface area contributed by atoms with Crippen LogP contribution in [0.5, 0.6) is 0 Å². The van der Waals surface area contributed by atoms with Gasteiger partial charge in [-0.15, -0.1) is 0 Å². The summed E-state index contributed by atoms with van der Waals surface area (Å²) in [5, 5.41) is 2.98. The van der Waals surface area contributed by atoms with Crippen LogP contribution in [0.25, 0.3) is 4.91 Å². The van der Waals surface area contributed by atoms with Gasteiger partial charge in [-0.2, -0.15) is 0 Å². The van der Waals surface area contributed by atoms with Crippen LogP contribution in [0.2, 0.25) is 5.02 Å². The Labute approximate surface area is 168 Å². The van der Waals surface area contributed by atoms with E-state index in [4.69, 9.17) is 11.6 Å². The van der Waals surface area contributed by atoms with Gasteiger partial charge in [-0.25, -0.2) is 12.7 Å². The fraction of sp³-hybridized carbons (Fsp3) is 0.200. The number of nitrogens with one attached hydrogen (secondary N) is 1. The van der Waals surface area contributed by atoms with E-state index in [0.717, 1.165) is 12.0 Å². The highest BCUT2D eigenvalue weighted by atomic mass is 35.5. The van der Waals surface area contributed by atoms with Gasteiger partial charge in [0.15, 0.2) is 0 Å². The third kappa shape index (κ3) is 3.81. The Balaban J connectivity index is 1.84. The molecule has 0 aliphatic carbocycles. The van der Waals surface area contributed by atoms with E-state index >= 15 is 0 Å². The number of rotatable bonds is 5. The summed E-state index contributed by atoms with van der Waals surface area (Å²) in [5.74, 6) is -1.33. The van der Waals surface area contributed by atoms with E-state index in [-0.39, 0.29) is 10.5 Å². The molecule has 146 valence electrons. The molecule has 0 saturated heterocycles. The maximum atomic E-state index is 13.0. The highest BCUT2D eigenvalue weighted by Gasteiger charge is 2.43. The van der Waals surface area contributed by atoms with Crippen LogP contribution in [-0.4, -0.2) is 31.1 Å². The van der Waals surface area contributed by atoms with Gasteiger partial charge in [-0.05, 0) is 42.7 Å². The van der Waals surface area contributed by atoms with Crippen LogP contribution in [0.1, 0.15) is 25.0 Å². The molecule has 0 aromatic heterocycles.